The van der Waals surface area contributed by atoms with Crippen molar-refractivity contribution in [3.05, 3.63) is 0 Å². The Bertz CT molecular complexity index is 783. The second-order valence-corrected chi connectivity index (χ2v) is 11.9. The van der Waals surface area contributed by atoms with Crippen molar-refractivity contribution >= 4 is 5.97 Å². The van der Waals surface area contributed by atoms with Crippen LogP contribution in [0.5, 0.6) is 0 Å². The summed E-state index contributed by atoms with van der Waals surface area (Å²) in [6.07, 6.45) is -4.89. The van der Waals surface area contributed by atoms with Crippen LogP contribution in [0.2, 0.25) is 0 Å². The van der Waals surface area contributed by atoms with Crippen LogP contribution in [-0.4, -0.2) is 90.2 Å². The molecule has 4 fully saturated rings. The Balaban J connectivity index is 1.76. The predicted molar refractivity (Wildman–Crippen MR) is 128 cm³/mol. The number of rotatable bonds is 6. The molecule has 10 nitrogen and oxygen atoms in total. The monoisotopic (exact) mass is 515 g/mol. The van der Waals surface area contributed by atoms with Crippen molar-refractivity contribution in [2.24, 2.45) is 47.2 Å². The molecule has 0 bridgehead atoms. The molecule has 0 radical (unpaired) electrons. The van der Waals surface area contributed by atoms with Crippen LogP contribution >= 0.6 is 0 Å². The zero-order chi connectivity index (χ0) is 26.5. The maximum Gasteiger partial charge on any atom is 0.306 e. The number of esters is 1. The summed E-state index contributed by atoms with van der Waals surface area (Å²) in [5.74, 6) is -5.16. The van der Waals surface area contributed by atoms with Gasteiger partial charge in [-0.25, -0.2) is 0 Å². The van der Waals surface area contributed by atoms with Crippen molar-refractivity contribution in [1.82, 2.24) is 0 Å². The number of unbranched alkanes of at least 4 members (excludes halogenated alkanes) is 2. The smallest absolute Gasteiger partial charge is 0.306 e. The average molecular weight is 516 g/mol. The van der Waals surface area contributed by atoms with Gasteiger partial charge >= 0.3 is 5.97 Å². The number of carbonyl (C=O) groups is 1. The zero-order valence-corrected chi connectivity index (χ0v) is 21.3. The zero-order valence-electron chi connectivity index (χ0n) is 21.3. The molecule has 4 saturated carbocycles. The van der Waals surface area contributed by atoms with E-state index in [2.05, 4.69) is 0 Å². The minimum Gasteiger partial charge on any atom is -0.462 e. The molecule has 0 aromatic rings. The first-order valence-electron chi connectivity index (χ1n) is 13.7. The number of nitrogens with two attached hydrogens (primary N) is 1. The number of hydrogen-bond donors (Lipinski definition) is 8. The summed E-state index contributed by atoms with van der Waals surface area (Å²) < 4.78 is 6.01. The first kappa shape index (κ1) is 28.2. The highest BCUT2D eigenvalue weighted by Gasteiger charge is 2.71. The fourth-order valence-electron chi connectivity index (χ4n) is 8.38. The summed E-state index contributed by atoms with van der Waals surface area (Å²) >= 11 is 0. The highest BCUT2D eigenvalue weighted by Crippen LogP contribution is 2.60. The molecule has 0 amide bonds. The second-order valence-electron chi connectivity index (χ2n) is 11.9. The van der Waals surface area contributed by atoms with Gasteiger partial charge in [0.05, 0.1) is 36.4 Å². The van der Waals surface area contributed by atoms with E-state index in [1.807, 2.05) is 13.8 Å². The minimum absolute atomic E-state index is 0.0678. The highest BCUT2D eigenvalue weighted by atomic mass is 16.5. The molecule has 10 heteroatoms. The molecule has 208 valence electrons. The van der Waals surface area contributed by atoms with Gasteiger partial charge in [0.25, 0.3) is 0 Å². The van der Waals surface area contributed by atoms with Gasteiger partial charge in [-0.05, 0) is 37.5 Å². The third kappa shape index (κ3) is 4.41. The van der Waals surface area contributed by atoms with Crippen LogP contribution in [-0.2, 0) is 9.53 Å². The van der Waals surface area contributed by atoms with E-state index in [4.69, 9.17) is 10.5 Å². The Morgan fingerprint density at radius 3 is 2.36 bits per heavy atom. The van der Waals surface area contributed by atoms with E-state index in [0.29, 0.717) is 12.8 Å². The number of carbonyl (C=O) groups excluding carboxylic acids is 1. The van der Waals surface area contributed by atoms with Gasteiger partial charge < -0.3 is 46.2 Å². The maximum atomic E-state index is 12.9. The predicted octanol–water partition coefficient (Wildman–Crippen LogP) is -0.761. The number of ether oxygens (including phenoxy) is 1. The molecule has 0 saturated heterocycles. The van der Waals surface area contributed by atoms with Gasteiger partial charge in [0.1, 0.15) is 17.9 Å². The van der Waals surface area contributed by atoms with E-state index in [9.17, 15) is 40.5 Å². The Morgan fingerprint density at radius 1 is 1.03 bits per heavy atom. The van der Waals surface area contributed by atoms with Gasteiger partial charge in [-0.2, -0.15) is 0 Å². The lowest BCUT2D eigenvalue weighted by molar-refractivity contribution is -0.324. The number of hydrogen-bond acceptors (Lipinski definition) is 10. The van der Waals surface area contributed by atoms with E-state index < -0.39 is 84.0 Å². The van der Waals surface area contributed by atoms with Crippen LogP contribution < -0.4 is 5.73 Å². The van der Waals surface area contributed by atoms with Gasteiger partial charge in [-0.3, -0.25) is 4.79 Å². The Hall–Kier alpha value is -0.850. The molecule has 15 atom stereocenters. The van der Waals surface area contributed by atoms with E-state index in [-0.39, 0.29) is 24.7 Å². The Morgan fingerprint density at radius 2 is 1.72 bits per heavy atom. The second kappa shape index (κ2) is 10.7. The molecule has 0 spiro atoms. The van der Waals surface area contributed by atoms with Crippen molar-refractivity contribution in [2.75, 3.05) is 0 Å². The molecule has 10 unspecified atom stereocenters. The molecule has 9 N–H and O–H groups in total. The van der Waals surface area contributed by atoms with Crippen LogP contribution in [0.15, 0.2) is 0 Å². The molecule has 0 heterocycles. The van der Waals surface area contributed by atoms with Gasteiger partial charge in [-0.15, -0.1) is 0 Å². The van der Waals surface area contributed by atoms with E-state index in [1.165, 1.54) is 0 Å². The fraction of sp³-hybridized carbons (Fsp3) is 0.962. The van der Waals surface area contributed by atoms with Crippen LogP contribution in [0.25, 0.3) is 0 Å². The van der Waals surface area contributed by atoms with Gasteiger partial charge in [0.15, 0.2) is 0 Å². The number of aliphatic hydroxyl groups excluding tert-OH is 6. The largest absolute Gasteiger partial charge is 0.462 e. The fourth-order valence-corrected chi connectivity index (χ4v) is 8.38. The van der Waals surface area contributed by atoms with E-state index in [1.54, 1.807) is 0 Å². The van der Waals surface area contributed by atoms with Gasteiger partial charge in [0.2, 0.25) is 0 Å². The van der Waals surface area contributed by atoms with Crippen molar-refractivity contribution in [3.8, 4) is 0 Å². The normalized spacial score (nSPS) is 51.4. The molecular formula is C26H45NO9. The van der Waals surface area contributed by atoms with Crippen molar-refractivity contribution in [1.29, 1.82) is 0 Å². The lowest BCUT2D eigenvalue weighted by Crippen LogP contribution is -2.78. The lowest BCUT2D eigenvalue weighted by atomic mass is 9.45. The molecule has 0 aromatic carbocycles. The molecule has 36 heavy (non-hydrogen) atoms. The minimum atomic E-state index is -2.30. The summed E-state index contributed by atoms with van der Waals surface area (Å²) in [6.45, 7) is 3.99. The standard InChI is InChI=1S/C26H45NO9/c1-3-4-5-9-16(30)36-22-13-10-15(29)19(25(27)34)23(32)26(13,35)24(33)20-17(22)11(2)12-7-6-8-14(28)18(12)21(20)31/h11-15,17-25,28-29,31-35H,3-10,27H2,1-2H3/t11-,12?,13+,14?,15?,17+,18?,19?,20?,21?,22+,23?,24?,25?,26+/m0/s1. The highest BCUT2D eigenvalue weighted by molar-refractivity contribution is 5.69. The Labute approximate surface area is 212 Å². The third-order valence-electron chi connectivity index (χ3n) is 10.1. The summed E-state index contributed by atoms with van der Waals surface area (Å²) in [7, 11) is 0. The topological polar surface area (TPSA) is 194 Å². The van der Waals surface area contributed by atoms with E-state index >= 15 is 0 Å². The number of aliphatic hydroxyl groups is 7. The van der Waals surface area contributed by atoms with Crippen LogP contribution in [0.1, 0.15) is 65.2 Å². The molecular weight excluding hydrogens is 470 g/mol. The van der Waals surface area contributed by atoms with Gasteiger partial charge in [-0.1, -0.05) is 33.1 Å². The first-order chi connectivity index (χ1) is 17.0. The maximum absolute atomic E-state index is 12.9. The van der Waals surface area contributed by atoms with Crippen molar-refractivity contribution < 1.29 is 45.3 Å². The van der Waals surface area contributed by atoms with E-state index in [0.717, 1.165) is 25.7 Å². The quantitative estimate of drug-likeness (QED) is 0.127. The van der Waals surface area contributed by atoms with Crippen molar-refractivity contribution in [3.63, 3.8) is 0 Å². The molecule has 4 rings (SSSR count). The van der Waals surface area contributed by atoms with Crippen LogP contribution in [0, 0.1) is 41.4 Å². The number of fused-ring (bicyclic) bond motifs is 3. The molecule has 0 aromatic heterocycles. The molecule has 4 aliphatic rings. The Kier molecular flexibility index (Phi) is 8.39. The van der Waals surface area contributed by atoms with Crippen LogP contribution in [0.4, 0.5) is 0 Å². The lowest BCUT2D eigenvalue weighted by Gasteiger charge is -2.65. The van der Waals surface area contributed by atoms with Crippen molar-refractivity contribution in [2.45, 2.75) is 114 Å². The molecule has 0 aliphatic heterocycles. The molecule has 4 aliphatic carbocycles. The SMILES string of the molecule is CCCCCC(=O)O[C@H]1[C@H]2C(C(O)C3C(O)CCCC3[C@@H]2C)C(O)[C@]2(O)C(O)C(C(N)O)C(O)C[C@H]12. The average Bonchev–Trinajstić information content (AvgIpc) is 2.81. The summed E-state index contributed by atoms with van der Waals surface area (Å²) in [5, 5.41) is 77.9. The summed E-state index contributed by atoms with van der Waals surface area (Å²) in [5.41, 5.74) is 3.32. The third-order valence-corrected chi connectivity index (χ3v) is 10.1. The van der Waals surface area contributed by atoms with Gasteiger partial charge in [0, 0.05) is 30.1 Å². The summed E-state index contributed by atoms with van der Waals surface area (Å²) in [4.78, 5) is 12.9. The van der Waals surface area contributed by atoms with Crippen LogP contribution in [0.3, 0.4) is 0 Å². The summed E-state index contributed by atoms with van der Waals surface area (Å²) in [6, 6.07) is 0. The first-order valence-corrected chi connectivity index (χ1v) is 13.7.